The number of nitrogens with zero attached hydrogens (tertiary/aromatic N) is 2. The molecular weight excluding hydrogens is 261 g/mol. The second-order valence-electron chi connectivity index (χ2n) is 3.15. The van der Waals surface area contributed by atoms with Gasteiger partial charge in [0, 0.05) is 11.3 Å². The van der Waals surface area contributed by atoms with E-state index >= 15 is 0 Å². The van der Waals surface area contributed by atoms with Crippen molar-refractivity contribution in [2.75, 3.05) is 12.8 Å². The Morgan fingerprint density at radius 1 is 1.47 bits per heavy atom. The summed E-state index contributed by atoms with van der Waals surface area (Å²) in [5.74, 6) is 0.949. The van der Waals surface area contributed by atoms with Crippen molar-refractivity contribution in [1.82, 2.24) is 10.2 Å². The molecule has 1 heterocycles. The molecule has 0 atom stereocenters. The van der Waals surface area contributed by atoms with Crippen molar-refractivity contribution >= 4 is 28.2 Å². The van der Waals surface area contributed by atoms with Crippen LogP contribution in [0.2, 0.25) is 0 Å². The highest BCUT2D eigenvalue weighted by molar-refractivity contribution is 8.00. The number of nitrogen functional groups attached to an aromatic ring is 1. The third kappa shape index (κ3) is 3.07. The lowest BCUT2D eigenvalue weighted by atomic mass is 10.2. The van der Waals surface area contributed by atoms with Crippen LogP contribution in [-0.2, 0) is 5.75 Å². The summed E-state index contributed by atoms with van der Waals surface area (Å²) in [5, 5.41) is 8.02. The molecule has 1 aromatic carbocycles. The third-order valence-electron chi connectivity index (χ3n) is 2.02. The smallest absolute Gasteiger partial charge is 0.203 e. The van der Waals surface area contributed by atoms with Gasteiger partial charge in [-0.05, 0) is 18.2 Å². The van der Waals surface area contributed by atoms with E-state index < -0.39 is 0 Å². The van der Waals surface area contributed by atoms with E-state index in [9.17, 15) is 4.39 Å². The molecule has 2 N–H and O–H groups in total. The highest BCUT2D eigenvalue weighted by atomic mass is 32.2. The molecule has 0 aliphatic heterocycles. The van der Waals surface area contributed by atoms with E-state index in [-0.39, 0.29) is 5.82 Å². The van der Waals surface area contributed by atoms with Crippen molar-refractivity contribution in [2.45, 2.75) is 10.1 Å². The maximum atomic E-state index is 13.1. The number of hydrogen-bond acceptors (Lipinski definition) is 6. The van der Waals surface area contributed by atoms with Crippen LogP contribution < -0.4 is 10.5 Å². The SMILES string of the molecule is COc1ccc(F)cc1CSc1nnc(N)s1. The van der Waals surface area contributed by atoms with E-state index in [0.717, 1.165) is 9.90 Å². The van der Waals surface area contributed by atoms with Gasteiger partial charge in [0.25, 0.3) is 0 Å². The Hall–Kier alpha value is -1.34. The van der Waals surface area contributed by atoms with Gasteiger partial charge in [0.1, 0.15) is 11.6 Å². The summed E-state index contributed by atoms with van der Waals surface area (Å²) < 4.78 is 19.0. The number of thioether (sulfide) groups is 1. The zero-order valence-electron chi connectivity index (χ0n) is 9.01. The molecule has 0 aliphatic rings. The van der Waals surface area contributed by atoms with Crippen LogP contribution in [0.4, 0.5) is 9.52 Å². The molecule has 0 bridgehead atoms. The summed E-state index contributed by atoms with van der Waals surface area (Å²) in [6, 6.07) is 4.44. The minimum atomic E-state index is -0.279. The maximum absolute atomic E-state index is 13.1. The van der Waals surface area contributed by atoms with E-state index in [2.05, 4.69) is 10.2 Å². The van der Waals surface area contributed by atoms with Gasteiger partial charge >= 0.3 is 0 Å². The molecular formula is C10H10FN3OS2. The monoisotopic (exact) mass is 271 g/mol. The molecule has 2 rings (SSSR count). The molecule has 0 fully saturated rings. The van der Waals surface area contributed by atoms with Crippen LogP contribution >= 0.6 is 23.1 Å². The average molecular weight is 271 g/mol. The van der Waals surface area contributed by atoms with Crippen molar-refractivity contribution in [3.63, 3.8) is 0 Å². The molecule has 0 spiro atoms. The van der Waals surface area contributed by atoms with Crippen LogP contribution in [0.1, 0.15) is 5.56 Å². The molecule has 2 aromatic rings. The fourth-order valence-corrected chi connectivity index (χ4v) is 2.89. The summed E-state index contributed by atoms with van der Waals surface area (Å²) in [5.41, 5.74) is 6.26. The van der Waals surface area contributed by atoms with Crippen molar-refractivity contribution in [3.8, 4) is 5.75 Å². The normalized spacial score (nSPS) is 10.5. The molecule has 0 radical (unpaired) electrons. The molecule has 4 nitrogen and oxygen atoms in total. The quantitative estimate of drug-likeness (QED) is 0.866. The predicted molar refractivity (Wildman–Crippen MR) is 66.8 cm³/mol. The minimum absolute atomic E-state index is 0.279. The first kappa shape index (κ1) is 12.1. The van der Waals surface area contributed by atoms with Gasteiger partial charge in [-0.2, -0.15) is 0 Å². The van der Waals surface area contributed by atoms with Crippen LogP contribution in [0.25, 0.3) is 0 Å². The van der Waals surface area contributed by atoms with Gasteiger partial charge in [-0.15, -0.1) is 10.2 Å². The molecule has 90 valence electrons. The standard InChI is InChI=1S/C10H10FN3OS2/c1-15-8-3-2-7(11)4-6(8)5-16-10-14-13-9(12)17-10/h2-4H,5H2,1H3,(H2,12,13). The highest BCUT2D eigenvalue weighted by Crippen LogP contribution is 2.30. The third-order valence-corrected chi connectivity index (χ3v) is 3.95. The summed E-state index contributed by atoms with van der Waals surface area (Å²) in [7, 11) is 1.56. The number of nitrogens with two attached hydrogens (primary N) is 1. The Morgan fingerprint density at radius 2 is 2.29 bits per heavy atom. The lowest BCUT2D eigenvalue weighted by Crippen LogP contribution is -1.91. The Morgan fingerprint density at radius 3 is 2.94 bits per heavy atom. The van der Waals surface area contributed by atoms with E-state index in [1.807, 2.05) is 0 Å². The lowest BCUT2D eigenvalue weighted by molar-refractivity contribution is 0.410. The van der Waals surface area contributed by atoms with Crippen molar-refractivity contribution in [3.05, 3.63) is 29.6 Å². The first-order valence-electron chi connectivity index (χ1n) is 4.73. The van der Waals surface area contributed by atoms with Gasteiger partial charge in [0.2, 0.25) is 5.13 Å². The fourth-order valence-electron chi connectivity index (χ4n) is 1.28. The topological polar surface area (TPSA) is 61.0 Å². The average Bonchev–Trinajstić information content (AvgIpc) is 2.73. The highest BCUT2D eigenvalue weighted by Gasteiger charge is 2.07. The second-order valence-corrected chi connectivity index (χ2v) is 5.38. The molecule has 0 saturated heterocycles. The summed E-state index contributed by atoms with van der Waals surface area (Å²) in [6.07, 6.45) is 0. The zero-order chi connectivity index (χ0) is 12.3. The summed E-state index contributed by atoms with van der Waals surface area (Å²) in [4.78, 5) is 0. The zero-order valence-corrected chi connectivity index (χ0v) is 10.6. The number of aromatic nitrogens is 2. The Bertz CT molecular complexity index is 518. The van der Waals surface area contributed by atoms with Gasteiger partial charge in [-0.1, -0.05) is 23.1 Å². The second kappa shape index (κ2) is 5.33. The van der Waals surface area contributed by atoms with Gasteiger partial charge in [-0.3, -0.25) is 0 Å². The van der Waals surface area contributed by atoms with Crippen molar-refractivity contribution in [2.24, 2.45) is 0 Å². The van der Waals surface area contributed by atoms with E-state index in [4.69, 9.17) is 10.5 Å². The minimum Gasteiger partial charge on any atom is -0.496 e. The van der Waals surface area contributed by atoms with E-state index in [0.29, 0.717) is 16.6 Å². The number of methoxy groups -OCH3 is 1. The number of ether oxygens (including phenoxy) is 1. The fraction of sp³-hybridized carbons (Fsp3) is 0.200. The molecule has 17 heavy (non-hydrogen) atoms. The van der Waals surface area contributed by atoms with Gasteiger partial charge < -0.3 is 10.5 Å². The molecule has 0 amide bonds. The predicted octanol–water partition coefficient (Wildman–Crippen LogP) is 2.56. The maximum Gasteiger partial charge on any atom is 0.203 e. The number of rotatable bonds is 4. The molecule has 0 unspecified atom stereocenters. The summed E-state index contributed by atoms with van der Waals surface area (Å²) >= 11 is 2.76. The number of benzene rings is 1. The van der Waals surface area contributed by atoms with Crippen LogP contribution in [0.15, 0.2) is 22.5 Å². The molecule has 1 aromatic heterocycles. The van der Waals surface area contributed by atoms with Gasteiger partial charge in [0.15, 0.2) is 4.34 Å². The Kier molecular flexibility index (Phi) is 3.80. The molecule has 7 heteroatoms. The molecule has 0 aliphatic carbocycles. The summed E-state index contributed by atoms with van der Waals surface area (Å²) in [6.45, 7) is 0. The number of anilines is 1. The number of hydrogen-bond donors (Lipinski definition) is 1. The van der Waals surface area contributed by atoms with Crippen LogP contribution in [0, 0.1) is 5.82 Å². The van der Waals surface area contributed by atoms with E-state index in [1.54, 1.807) is 13.2 Å². The lowest BCUT2D eigenvalue weighted by Gasteiger charge is -2.06. The Labute approximate surface area is 106 Å². The van der Waals surface area contributed by atoms with Crippen LogP contribution in [-0.4, -0.2) is 17.3 Å². The largest absolute Gasteiger partial charge is 0.496 e. The molecule has 0 saturated carbocycles. The Balaban J connectivity index is 2.10. The van der Waals surface area contributed by atoms with Crippen molar-refractivity contribution in [1.29, 1.82) is 0 Å². The first-order chi connectivity index (χ1) is 8.19. The van der Waals surface area contributed by atoms with Gasteiger partial charge in [-0.25, -0.2) is 4.39 Å². The first-order valence-corrected chi connectivity index (χ1v) is 6.53. The number of halogens is 1. The van der Waals surface area contributed by atoms with E-state index in [1.165, 1.54) is 35.2 Å². The van der Waals surface area contributed by atoms with Gasteiger partial charge in [0.05, 0.1) is 7.11 Å². The van der Waals surface area contributed by atoms with Crippen LogP contribution in [0.5, 0.6) is 5.75 Å². The van der Waals surface area contributed by atoms with Crippen molar-refractivity contribution < 1.29 is 9.13 Å². The van der Waals surface area contributed by atoms with Crippen LogP contribution in [0.3, 0.4) is 0 Å².